The number of esters is 1. The van der Waals surface area contributed by atoms with E-state index in [9.17, 15) is 29.1 Å². The molecule has 6 atom stereocenters. The van der Waals surface area contributed by atoms with E-state index in [2.05, 4.69) is 12.2 Å². The average Bonchev–Trinajstić information content (AvgIpc) is 3.51. The van der Waals surface area contributed by atoms with E-state index in [0.29, 0.717) is 25.8 Å². The minimum atomic E-state index is -1.75. The van der Waals surface area contributed by atoms with E-state index in [-0.39, 0.29) is 66.3 Å². The van der Waals surface area contributed by atoms with Crippen LogP contribution in [0.4, 0.5) is 0 Å². The van der Waals surface area contributed by atoms with Crippen LogP contribution in [-0.4, -0.2) is 46.5 Å². The van der Waals surface area contributed by atoms with Crippen molar-refractivity contribution in [1.82, 2.24) is 5.32 Å². The lowest BCUT2D eigenvalue weighted by atomic mass is 9.46. The topological polar surface area (TPSA) is 127 Å². The molecule has 4 aliphatic rings. The third-order valence-corrected chi connectivity index (χ3v) is 11.1. The number of fused-ring (bicyclic) bond motifs is 5. The molecule has 0 aliphatic heterocycles. The zero-order chi connectivity index (χ0) is 28.0. The van der Waals surface area contributed by atoms with E-state index in [4.69, 9.17) is 4.74 Å². The van der Waals surface area contributed by atoms with E-state index >= 15 is 0 Å². The van der Waals surface area contributed by atoms with Gasteiger partial charge in [0.1, 0.15) is 11.4 Å². The predicted octanol–water partition coefficient (Wildman–Crippen LogP) is 3.70. The van der Waals surface area contributed by atoms with Crippen LogP contribution in [-0.2, 0) is 35.3 Å². The zero-order valence-electron chi connectivity index (χ0n) is 22.6. The van der Waals surface area contributed by atoms with Crippen molar-refractivity contribution in [2.24, 2.45) is 28.6 Å². The van der Waals surface area contributed by atoms with Crippen molar-refractivity contribution in [3.8, 4) is 0 Å². The number of carbonyl (C=O) groups is 5. The summed E-state index contributed by atoms with van der Waals surface area (Å²) in [5.41, 5.74) is -1.95. The Morgan fingerprint density at radius 3 is 2.67 bits per heavy atom. The summed E-state index contributed by atoms with van der Waals surface area (Å²) in [6.45, 7) is 3.76. The van der Waals surface area contributed by atoms with Crippen molar-refractivity contribution in [2.75, 3.05) is 6.61 Å². The Morgan fingerprint density at radius 1 is 1.13 bits per heavy atom. The first-order valence-electron chi connectivity index (χ1n) is 13.9. The molecule has 4 aliphatic carbocycles. The lowest BCUT2D eigenvalue weighted by Gasteiger charge is -2.57. The monoisotopic (exact) mass is 555 g/mol. The van der Waals surface area contributed by atoms with Gasteiger partial charge in [-0.25, -0.2) is 0 Å². The van der Waals surface area contributed by atoms with Gasteiger partial charge in [0.05, 0.1) is 13.0 Å². The number of aliphatic hydroxyl groups is 1. The largest absolute Gasteiger partial charge is 0.458 e. The Bertz CT molecular complexity index is 1220. The first-order chi connectivity index (χ1) is 18.5. The minimum Gasteiger partial charge on any atom is -0.458 e. The van der Waals surface area contributed by atoms with Crippen LogP contribution in [0, 0.1) is 28.6 Å². The molecule has 210 valence electrons. The fourth-order valence-electron chi connectivity index (χ4n) is 8.09. The smallest absolute Gasteiger partial charge is 0.306 e. The fraction of sp³-hybridized carbons (Fsp3) is 0.633. The highest BCUT2D eigenvalue weighted by atomic mass is 32.1. The van der Waals surface area contributed by atoms with Crippen LogP contribution in [0.3, 0.4) is 0 Å². The molecule has 0 radical (unpaired) electrons. The molecule has 1 heterocycles. The molecule has 0 unspecified atom stereocenters. The van der Waals surface area contributed by atoms with Crippen LogP contribution in [0.2, 0.25) is 0 Å². The summed E-state index contributed by atoms with van der Waals surface area (Å²) in [6.07, 6.45) is 5.11. The standard InChI is InChI=1S/C30H37NO7S/c1-28-11-9-19(32)14-18(28)5-6-21-22-10-12-30(37,29(22,2)15-23(33)27(21)28)24(34)17-38-26(36)8-7-25(35)31-16-20-4-3-13-39-20/h3-4,13-14,21-22,27,37H,5-12,15-17H2,1-2H3,(H,31,35)/t21-,22-,27+,28-,29-,30-/m0/s1. The lowest BCUT2D eigenvalue weighted by molar-refractivity contribution is -0.173. The fourth-order valence-corrected chi connectivity index (χ4v) is 8.73. The second kappa shape index (κ2) is 10.4. The van der Waals surface area contributed by atoms with E-state index in [1.807, 2.05) is 24.4 Å². The number of carbonyl (C=O) groups excluding carboxylic acids is 5. The molecule has 8 nitrogen and oxygen atoms in total. The quantitative estimate of drug-likeness (QED) is 0.468. The molecule has 1 aromatic rings. The molecule has 0 saturated heterocycles. The Labute approximate surface area is 232 Å². The normalized spacial score (nSPS) is 35.4. The Hall–Kier alpha value is -2.65. The number of nitrogens with one attached hydrogen (secondary N) is 1. The molecule has 2 N–H and O–H groups in total. The molecule has 0 aromatic carbocycles. The molecule has 39 heavy (non-hydrogen) atoms. The maximum Gasteiger partial charge on any atom is 0.306 e. The van der Waals surface area contributed by atoms with Crippen molar-refractivity contribution in [3.63, 3.8) is 0 Å². The molecular formula is C30H37NO7S. The third-order valence-electron chi connectivity index (χ3n) is 10.2. The Morgan fingerprint density at radius 2 is 1.92 bits per heavy atom. The summed E-state index contributed by atoms with van der Waals surface area (Å²) in [7, 11) is 0. The number of hydrogen-bond donors (Lipinski definition) is 2. The zero-order valence-corrected chi connectivity index (χ0v) is 23.4. The maximum atomic E-state index is 13.7. The third kappa shape index (κ3) is 4.82. The van der Waals surface area contributed by atoms with Crippen molar-refractivity contribution in [2.45, 2.75) is 83.8 Å². The SMILES string of the molecule is C[C@]12CCC(=O)C=C1CC[C@@H]1[C@@H]2C(=O)C[C@@]2(C)[C@H]1CC[C@]2(O)C(=O)COC(=O)CCC(=O)NCc1cccs1. The van der Waals surface area contributed by atoms with Gasteiger partial charge in [0, 0.05) is 35.5 Å². The summed E-state index contributed by atoms with van der Waals surface area (Å²) < 4.78 is 5.19. The van der Waals surface area contributed by atoms with Crippen molar-refractivity contribution < 1.29 is 33.8 Å². The average molecular weight is 556 g/mol. The van der Waals surface area contributed by atoms with Gasteiger partial charge in [-0.05, 0) is 66.9 Å². The summed E-state index contributed by atoms with van der Waals surface area (Å²) in [6, 6.07) is 3.80. The van der Waals surface area contributed by atoms with Crippen molar-refractivity contribution >= 4 is 40.6 Å². The second-order valence-corrected chi connectivity index (χ2v) is 13.3. The highest BCUT2D eigenvalue weighted by Gasteiger charge is 2.68. The number of thiophene rings is 1. The van der Waals surface area contributed by atoms with Gasteiger partial charge in [0.25, 0.3) is 0 Å². The van der Waals surface area contributed by atoms with Crippen LogP contribution in [0.15, 0.2) is 29.2 Å². The van der Waals surface area contributed by atoms with Gasteiger partial charge in [0.15, 0.2) is 12.4 Å². The van der Waals surface area contributed by atoms with Gasteiger partial charge in [-0.3, -0.25) is 24.0 Å². The highest BCUT2D eigenvalue weighted by molar-refractivity contribution is 7.09. The molecule has 3 fully saturated rings. The number of Topliss-reactive ketones (excluding diaryl/α,β-unsaturated/α-hetero) is 2. The first kappa shape index (κ1) is 27.9. The summed E-state index contributed by atoms with van der Waals surface area (Å²) in [5, 5.41) is 16.4. The molecule has 0 spiro atoms. The number of amides is 1. The number of hydrogen-bond acceptors (Lipinski definition) is 8. The molecule has 1 aromatic heterocycles. The number of ketones is 3. The van der Waals surface area contributed by atoms with E-state index in [0.717, 1.165) is 23.3 Å². The van der Waals surface area contributed by atoms with E-state index in [1.54, 1.807) is 6.08 Å². The van der Waals surface area contributed by atoms with Gasteiger partial charge < -0.3 is 15.2 Å². The van der Waals surface area contributed by atoms with Crippen molar-refractivity contribution in [1.29, 1.82) is 0 Å². The number of allylic oxidation sites excluding steroid dienone is 1. The van der Waals surface area contributed by atoms with Crippen LogP contribution >= 0.6 is 11.3 Å². The van der Waals surface area contributed by atoms with Crippen LogP contribution in [0.25, 0.3) is 0 Å². The second-order valence-electron chi connectivity index (χ2n) is 12.2. The summed E-state index contributed by atoms with van der Waals surface area (Å²) in [5.74, 6) is -1.53. The minimum absolute atomic E-state index is 0.00658. The predicted molar refractivity (Wildman–Crippen MR) is 143 cm³/mol. The molecule has 0 bridgehead atoms. The summed E-state index contributed by atoms with van der Waals surface area (Å²) >= 11 is 1.53. The van der Waals surface area contributed by atoms with E-state index < -0.39 is 29.4 Å². The van der Waals surface area contributed by atoms with Gasteiger partial charge in [-0.15, -0.1) is 11.3 Å². The van der Waals surface area contributed by atoms with Crippen LogP contribution in [0.1, 0.15) is 76.5 Å². The summed E-state index contributed by atoms with van der Waals surface area (Å²) in [4.78, 5) is 64.4. The highest BCUT2D eigenvalue weighted by Crippen LogP contribution is 2.66. The first-order valence-corrected chi connectivity index (χ1v) is 14.8. The van der Waals surface area contributed by atoms with Crippen molar-refractivity contribution in [3.05, 3.63) is 34.0 Å². The number of rotatable bonds is 8. The molecular weight excluding hydrogens is 518 g/mol. The van der Waals surface area contributed by atoms with Crippen LogP contribution in [0.5, 0.6) is 0 Å². The Balaban J connectivity index is 1.19. The van der Waals surface area contributed by atoms with Crippen LogP contribution < -0.4 is 5.32 Å². The van der Waals surface area contributed by atoms with E-state index in [1.165, 1.54) is 11.3 Å². The van der Waals surface area contributed by atoms with Gasteiger partial charge in [-0.1, -0.05) is 25.5 Å². The Kier molecular flexibility index (Phi) is 7.44. The molecule has 1 amide bonds. The molecule has 3 saturated carbocycles. The molecule has 9 heteroatoms. The molecule has 5 rings (SSSR count). The van der Waals surface area contributed by atoms with Gasteiger partial charge >= 0.3 is 5.97 Å². The van der Waals surface area contributed by atoms with Gasteiger partial charge in [-0.2, -0.15) is 0 Å². The maximum absolute atomic E-state index is 13.7. The lowest BCUT2D eigenvalue weighted by Crippen LogP contribution is -2.61. The van der Waals surface area contributed by atoms with Gasteiger partial charge in [0.2, 0.25) is 11.7 Å². The number of ether oxygens (including phenoxy) is 1.